The second kappa shape index (κ2) is 5.49. The summed E-state index contributed by atoms with van der Waals surface area (Å²) in [5, 5.41) is 0. The smallest absolute Gasteiger partial charge is 0.241 e. The average molecular weight is 272 g/mol. The number of nitrogens with two attached hydrogens (primary N) is 1. The fourth-order valence-electron chi connectivity index (χ4n) is 1.58. The number of anilines is 1. The predicted molar refractivity (Wildman–Crippen MR) is 70.1 cm³/mol. The molecule has 0 aliphatic carbocycles. The van der Waals surface area contributed by atoms with Crippen LogP contribution in [0.4, 0.5) is 10.1 Å². The van der Waals surface area contributed by atoms with Gasteiger partial charge in [0.25, 0.3) is 0 Å². The van der Waals surface area contributed by atoms with Crippen molar-refractivity contribution in [1.82, 2.24) is 4.72 Å². The van der Waals surface area contributed by atoms with Crippen LogP contribution in [0.15, 0.2) is 29.7 Å². The molecule has 4 nitrogen and oxygen atoms in total. The summed E-state index contributed by atoms with van der Waals surface area (Å²) in [7, 11) is -3.78. The van der Waals surface area contributed by atoms with Gasteiger partial charge in [0.15, 0.2) is 0 Å². The van der Waals surface area contributed by atoms with E-state index in [9.17, 15) is 12.8 Å². The van der Waals surface area contributed by atoms with Crippen molar-refractivity contribution in [2.45, 2.75) is 31.2 Å². The van der Waals surface area contributed by atoms with E-state index in [1.807, 2.05) is 0 Å². The van der Waals surface area contributed by atoms with E-state index in [2.05, 4.69) is 11.3 Å². The van der Waals surface area contributed by atoms with Crippen molar-refractivity contribution in [3.8, 4) is 0 Å². The molecule has 100 valence electrons. The minimum Gasteiger partial charge on any atom is -0.399 e. The number of sulfonamides is 1. The lowest BCUT2D eigenvalue weighted by atomic mass is 10.2. The van der Waals surface area contributed by atoms with E-state index in [0.717, 1.165) is 6.07 Å². The highest BCUT2D eigenvalue weighted by Crippen LogP contribution is 2.22. The average Bonchev–Trinajstić information content (AvgIpc) is 2.22. The molecule has 0 aromatic heterocycles. The van der Waals surface area contributed by atoms with Crippen LogP contribution in [0.1, 0.15) is 18.9 Å². The van der Waals surface area contributed by atoms with Gasteiger partial charge < -0.3 is 5.73 Å². The van der Waals surface area contributed by atoms with E-state index in [-0.39, 0.29) is 22.2 Å². The fourth-order valence-corrected chi connectivity index (χ4v) is 3.12. The first-order valence-corrected chi connectivity index (χ1v) is 6.95. The molecule has 1 atom stereocenters. The number of nitrogens with one attached hydrogen (secondary N) is 1. The topological polar surface area (TPSA) is 72.2 Å². The molecular formula is C12H17FN2O2S. The standard InChI is InChI=1S/C12H17FN2O2S/c1-4-5-8(2)15-18(16,17)12-7-10(14)6-11(13)9(12)3/h4,6-8,15H,1,5,14H2,2-3H3. The first kappa shape index (κ1) is 14.7. The van der Waals surface area contributed by atoms with Gasteiger partial charge in [-0.2, -0.15) is 0 Å². The Morgan fingerprint density at radius 1 is 1.56 bits per heavy atom. The molecule has 1 unspecified atom stereocenters. The maximum absolute atomic E-state index is 13.5. The molecule has 0 aliphatic rings. The second-order valence-electron chi connectivity index (χ2n) is 4.17. The molecule has 0 fully saturated rings. The van der Waals surface area contributed by atoms with Gasteiger partial charge in [0.05, 0.1) is 4.90 Å². The van der Waals surface area contributed by atoms with Crippen molar-refractivity contribution in [1.29, 1.82) is 0 Å². The summed E-state index contributed by atoms with van der Waals surface area (Å²) in [6.07, 6.45) is 2.10. The van der Waals surface area contributed by atoms with E-state index >= 15 is 0 Å². The molecule has 0 bridgehead atoms. The lowest BCUT2D eigenvalue weighted by molar-refractivity contribution is 0.557. The third kappa shape index (κ3) is 3.30. The molecule has 3 N–H and O–H groups in total. The van der Waals surface area contributed by atoms with Crippen LogP contribution in [0.3, 0.4) is 0 Å². The van der Waals surface area contributed by atoms with Crippen molar-refractivity contribution in [3.05, 3.63) is 36.2 Å². The van der Waals surface area contributed by atoms with Gasteiger partial charge in [-0.3, -0.25) is 0 Å². The van der Waals surface area contributed by atoms with Crippen LogP contribution in [0, 0.1) is 12.7 Å². The largest absolute Gasteiger partial charge is 0.399 e. The Kier molecular flexibility index (Phi) is 4.48. The van der Waals surface area contributed by atoms with Crippen molar-refractivity contribution in [2.24, 2.45) is 0 Å². The van der Waals surface area contributed by atoms with E-state index in [1.165, 1.54) is 13.0 Å². The van der Waals surface area contributed by atoms with E-state index in [1.54, 1.807) is 13.0 Å². The molecule has 0 saturated carbocycles. The summed E-state index contributed by atoms with van der Waals surface area (Å²) in [6.45, 7) is 6.64. The van der Waals surface area contributed by atoms with Gasteiger partial charge >= 0.3 is 0 Å². The van der Waals surface area contributed by atoms with Gasteiger partial charge in [0.1, 0.15) is 5.82 Å². The van der Waals surface area contributed by atoms with E-state index in [4.69, 9.17) is 5.73 Å². The van der Waals surface area contributed by atoms with Crippen LogP contribution in [-0.4, -0.2) is 14.5 Å². The Labute approximate surface area is 107 Å². The Morgan fingerprint density at radius 2 is 2.17 bits per heavy atom. The van der Waals surface area contributed by atoms with Crippen LogP contribution in [-0.2, 0) is 10.0 Å². The molecule has 0 spiro atoms. The Hall–Kier alpha value is -1.40. The van der Waals surface area contributed by atoms with Gasteiger partial charge in [0.2, 0.25) is 10.0 Å². The molecule has 6 heteroatoms. The van der Waals surface area contributed by atoms with Crippen LogP contribution >= 0.6 is 0 Å². The highest BCUT2D eigenvalue weighted by molar-refractivity contribution is 7.89. The molecular weight excluding hydrogens is 255 g/mol. The number of hydrogen-bond acceptors (Lipinski definition) is 3. The normalized spacial score (nSPS) is 13.3. The maximum Gasteiger partial charge on any atom is 0.241 e. The van der Waals surface area contributed by atoms with Gasteiger partial charge in [0, 0.05) is 17.3 Å². The van der Waals surface area contributed by atoms with Gasteiger partial charge in [-0.15, -0.1) is 6.58 Å². The number of nitrogen functional groups attached to an aromatic ring is 1. The van der Waals surface area contributed by atoms with Crippen molar-refractivity contribution in [2.75, 3.05) is 5.73 Å². The number of benzene rings is 1. The van der Waals surface area contributed by atoms with Crippen LogP contribution < -0.4 is 10.5 Å². The molecule has 1 aromatic rings. The molecule has 1 rings (SSSR count). The maximum atomic E-state index is 13.5. The molecule has 0 amide bonds. The van der Waals surface area contributed by atoms with Crippen LogP contribution in [0.25, 0.3) is 0 Å². The zero-order valence-electron chi connectivity index (χ0n) is 10.4. The van der Waals surface area contributed by atoms with Crippen molar-refractivity contribution in [3.63, 3.8) is 0 Å². The minimum absolute atomic E-state index is 0.0579. The highest BCUT2D eigenvalue weighted by atomic mass is 32.2. The zero-order valence-corrected chi connectivity index (χ0v) is 11.2. The summed E-state index contributed by atoms with van der Waals surface area (Å²) in [4.78, 5) is -0.129. The number of hydrogen-bond donors (Lipinski definition) is 2. The number of rotatable bonds is 5. The predicted octanol–water partition coefficient (Wildman–Crippen LogP) is 1.96. The van der Waals surface area contributed by atoms with E-state index in [0.29, 0.717) is 6.42 Å². The Bertz CT molecular complexity index is 555. The summed E-state index contributed by atoms with van der Waals surface area (Å²) in [5.74, 6) is -0.633. The Morgan fingerprint density at radius 3 is 2.72 bits per heavy atom. The monoisotopic (exact) mass is 272 g/mol. The molecule has 0 heterocycles. The molecule has 0 radical (unpaired) electrons. The van der Waals surface area contributed by atoms with Gasteiger partial charge in [-0.05, 0) is 32.4 Å². The first-order chi connectivity index (χ1) is 8.27. The molecule has 0 saturated heterocycles. The Balaban J connectivity index is 3.16. The fraction of sp³-hybridized carbons (Fsp3) is 0.333. The lowest BCUT2D eigenvalue weighted by Crippen LogP contribution is -2.32. The molecule has 18 heavy (non-hydrogen) atoms. The van der Waals surface area contributed by atoms with Crippen molar-refractivity contribution >= 4 is 15.7 Å². The quantitative estimate of drug-likeness (QED) is 0.635. The van der Waals surface area contributed by atoms with Crippen LogP contribution in [0.2, 0.25) is 0 Å². The third-order valence-electron chi connectivity index (χ3n) is 2.49. The minimum atomic E-state index is -3.78. The van der Waals surface area contributed by atoms with Crippen LogP contribution in [0.5, 0.6) is 0 Å². The second-order valence-corrected chi connectivity index (χ2v) is 5.85. The van der Waals surface area contributed by atoms with Gasteiger partial charge in [-0.1, -0.05) is 6.08 Å². The van der Waals surface area contributed by atoms with Crippen molar-refractivity contribution < 1.29 is 12.8 Å². The molecule has 0 aliphatic heterocycles. The lowest BCUT2D eigenvalue weighted by Gasteiger charge is -2.14. The van der Waals surface area contributed by atoms with E-state index < -0.39 is 15.8 Å². The molecule has 1 aromatic carbocycles. The summed E-state index contributed by atoms with van der Waals surface area (Å²) in [5.41, 5.74) is 5.60. The number of halogens is 1. The highest BCUT2D eigenvalue weighted by Gasteiger charge is 2.21. The summed E-state index contributed by atoms with van der Waals surface area (Å²) in [6, 6.07) is 2.04. The first-order valence-electron chi connectivity index (χ1n) is 5.46. The SMILES string of the molecule is C=CCC(C)NS(=O)(=O)c1cc(N)cc(F)c1C. The third-order valence-corrected chi connectivity index (χ3v) is 4.20. The summed E-state index contributed by atoms with van der Waals surface area (Å²) >= 11 is 0. The summed E-state index contributed by atoms with van der Waals surface area (Å²) < 4.78 is 40.1. The van der Waals surface area contributed by atoms with Gasteiger partial charge in [-0.25, -0.2) is 17.5 Å². The zero-order chi connectivity index (χ0) is 13.9.